The fraction of sp³-hybridized carbons (Fsp3) is 0.125. The van der Waals surface area contributed by atoms with Gasteiger partial charge in [0.15, 0.2) is 0 Å². The van der Waals surface area contributed by atoms with Gasteiger partial charge in [0.2, 0.25) is 0 Å². The summed E-state index contributed by atoms with van der Waals surface area (Å²) in [5, 5.41) is 0. The molecule has 0 aliphatic carbocycles. The minimum absolute atomic E-state index is 0.257. The molecule has 0 aliphatic heterocycles. The highest BCUT2D eigenvalue weighted by Crippen LogP contribution is 2.14. The van der Waals surface area contributed by atoms with E-state index in [1.54, 1.807) is 6.07 Å². The zero-order valence-corrected chi connectivity index (χ0v) is 11.0. The van der Waals surface area contributed by atoms with Crippen LogP contribution in [0.1, 0.15) is 11.1 Å². The van der Waals surface area contributed by atoms with E-state index in [-0.39, 0.29) is 5.82 Å². The van der Waals surface area contributed by atoms with Crippen LogP contribution in [-0.4, -0.2) is 5.88 Å². The van der Waals surface area contributed by atoms with Crippen molar-refractivity contribution in [2.75, 3.05) is 5.88 Å². The van der Waals surface area contributed by atoms with E-state index < -0.39 is 0 Å². The van der Waals surface area contributed by atoms with E-state index in [0.717, 1.165) is 16.9 Å². The van der Waals surface area contributed by atoms with Gasteiger partial charge in [-0.3, -0.25) is 0 Å². The number of ether oxygens (including phenoxy) is 1. The van der Waals surface area contributed by atoms with E-state index in [1.165, 1.54) is 12.1 Å². The van der Waals surface area contributed by atoms with Gasteiger partial charge in [-0.15, -0.1) is 11.6 Å². The highest BCUT2D eigenvalue weighted by molar-refractivity contribution is 6.19. The smallest absolute Gasteiger partial charge is 0.123 e. The molecule has 0 fully saturated rings. The van der Waals surface area contributed by atoms with Crippen molar-refractivity contribution in [1.29, 1.82) is 0 Å². The summed E-state index contributed by atoms with van der Waals surface area (Å²) in [4.78, 5) is 0. The molecule has 0 radical (unpaired) electrons. The Kier molecular flexibility index (Phi) is 4.83. The molecule has 2 aromatic rings. The lowest BCUT2D eigenvalue weighted by atomic mass is 10.2. The second-order valence-corrected chi connectivity index (χ2v) is 4.15. The summed E-state index contributed by atoms with van der Waals surface area (Å²) < 4.78 is 18.5. The third-order valence-electron chi connectivity index (χ3n) is 2.45. The number of rotatable bonds is 3. The van der Waals surface area contributed by atoms with Crippen molar-refractivity contribution >= 4 is 11.6 Å². The molecule has 0 bridgehead atoms. The van der Waals surface area contributed by atoms with Gasteiger partial charge in [0.25, 0.3) is 0 Å². The molecule has 0 aromatic heterocycles. The van der Waals surface area contributed by atoms with E-state index in [9.17, 15) is 4.39 Å². The zero-order valence-electron chi connectivity index (χ0n) is 10.2. The van der Waals surface area contributed by atoms with Gasteiger partial charge < -0.3 is 4.74 Å². The molecule has 1 nitrogen and oxygen atoms in total. The van der Waals surface area contributed by atoms with Gasteiger partial charge in [-0.1, -0.05) is 24.0 Å². The Hall–Kier alpha value is -1.98. The van der Waals surface area contributed by atoms with Gasteiger partial charge >= 0.3 is 0 Å². The van der Waals surface area contributed by atoms with Gasteiger partial charge in [-0.05, 0) is 42.0 Å². The van der Waals surface area contributed by atoms with E-state index in [0.29, 0.717) is 12.5 Å². The maximum Gasteiger partial charge on any atom is 0.123 e. The van der Waals surface area contributed by atoms with Gasteiger partial charge in [0.05, 0.1) is 5.88 Å². The van der Waals surface area contributed by atoms with Crippen LogP contribution < -0.4 is 4.74 Å². The highest BCUT2D eigenvalue weighted by Gasteiger charge is 1.97. The highest BCUT2D eigenvalue weighted by atomic mass is 35.5. The van der Waals surface area contributed by atoms with Gasteiger partial charge in [0.1, 0.15) is 18.2 Å². The van der Waals surface area contributed by atoms with Crippen molar-refractivity contribution in [3.63, 3.8) is 0 Å². The molecular weight excluding hydrogens is 263 g/mol. The fourth-order valence-electron chi connectivity index (χ4n) is 1.56. The van der Waals surface area contributed by atoms with Gasteiger partial charge in [-0.25, -0.2) is 4.39 Å². The SMILES string of the molecule is Fc1cccc(COc2ccc(C#CCCl)cc2)c1. The second-order valence-electron chi connectivity index (χ2n) is 3.88. The molecule has 96 valence electrons. The Morgan fingerprint density at radius 1 is 1.11 bits per heavy atom. The molecule has 0 heterocycles. The fourth-order valence-corrected chi connectivity index (χ4v) is 1.63. The average molecular weight is 275 g/mol. The number of benzene rings is 2. The van der Waals surface area contributed by atoms with Crippen LogP contribution in [-0.2, 0) is 6.61 Å². The topological polar surface area (TPSA) is 9.23 Å². The minimum Gasteiger partial charge on any atom is -0.489 e. The first-order valence-corrected chi connectivity index (χ1v) is 6.33. The summed E-state index contributed by atoms with van der Waals surface area (Å²) in [5.74, 6) is 6.48. The van der Waals surface area contributed by atoms with Crippen molar-refractivity contribution < 1.29 is 9.13 Å². The monoisotopic (exact) mass is 274 g/mol. The summed E-state index contributed by atoms with van der Waals surface area (Å²) >= 11 is 5.48. The first-order chi connectivity index (χ1) is 9.28. The summed E-state index contributed by atoms with van der Waals surface area (Å²) in [7, 11) is 0. The Balaban J connectivity index is 1.96. The van der Waals surface area contributed by atoms with Crippen LogP contribution in [0.15, 0.2) is 48.5 Å². The van der Waals surface area contributed by atoms with Crippen molar-refractivity contribution in [2.45, 2.75) is 6.61 Å². The van der Waals surface area contributed by atoms with Gasteiger partial charge in [-0.2, -0.15) is 0 Å². The Morgan fingerprint density at radius 2 is 1.89 bits per heavy atom. The molecule has 2 aromatic carbocycles. The van der Waals surface area contributed by atoms with Crippen molar-refractivity contribution in [3.05, 3.63) is 65.5 Å². The molecule has 0 N–H and O–H groups in total. The van der Waals surface area contributed by atoms with Crippen LogP contribution in [0.5, 0.6) is 5.75 Å². The van der Waals surface area contributed by atoms with Crippen molar-refractivity contribution in [3.8, 4) is 17.6 Å². The summed E-state index contributed by atoms with van der Waals surface area (Å²) in [5.41, 5.74) is 1.68. The minimum atomic E-state index is -0.257. The molecule has 3 heteroatoms. The molecule has 19 heavy (non-hydrogen) atoms. The standard InChI is InChI=1S/C16H12ClFO/c17-10-2-4-13-6-8-16(9-7-13)19-12-14-3-1-5-15(18)11-14/h1,3,5-9,11H,10,12H2. The lowest BCUT2D eigenvalue weighted by Crippen LogP contribution is -1.95. The molecule has 0 saturated carbocycles. The Morgan fingerprint density at radius 3 is 2.58 bits per heavy atom. The van der Waals surface area contributed by atoms with Crippen molar-refractivity contribution in [2.24, 2.45) is 0 Å². The maximum absolute atomic E-state index is 13.0. The molecule has 0 amide bonds. The van der Waals surface area contributed by atoms with Crippen molar-refractivity contribution in [1.82, 2.24) is 0 Å². The second kappa shape index (κ2) is 6.82. The number of alkyl halides is 1. The van der Waals surface area contributed by atoms with E-state index in [1.807, 2.05) is 30.3 Å². The van der Waals surface area contributed by atoms with Crippen LogP contribution in [0.4, 0.5) is 4.39 Å². The molecule has 0 atom stereocenters. The number of hydrogen-bond donors (Lipinski definition) is 0. The maximum atomic E-state index is 13.0. The van der Waals surface area contributed by atoms with Crippen LogP contribution in [0.2, 0.25) is 0 Å². The Bertz CT molecular complexity index is 596. The molecule has 0 spiro atoms. The molecule has 0 aliphatic rings. The van der Waals surface area contributed by atoms with E-state index in [2.05, 4.69) is 11.8 Å². The zero-order chi connectivity index (χ0) is 13.5. The first-order valence-electron chi connectivity index (χ1n) is 5.80. The quantitative estimate of drug-likeness (QED) is 0.607. The van der Waals surface area contributed by atoms with E-state index >= 15 is 0 Å². The molecule has 0 unspecified atom stereocenters. The summed E-state index contributed by atoms with van der Waals surface area (Å²) in [6.45, 7) is 0.338. The van der Waals surface area contributed by atoms with E-state index in [4.69, 9.17) is 16.3 Å². The number of hydrogen-bond acceptors (Lipinski definition) is 1. The van der Waals surface area contributed by atoms with Crippen LogP contribution in [0, 0.1) is 17.7 Å². The molecular formula is C16H12ClFO. The third kappa shape index (κ3) is 4.31. The predicted octanol–water partition coefficient (Wildman–Crippen LogP) is 4.00. The van der Waals surface area contributed by atoms with Crippen LogP contribution in [0.25, 0.3) is 0 Å². The third-order valence-corrected chi connectivity index (χ3v) is 2.58. The number of halogens is 2. The molecule has 0 saturated heterocycles. The lowest BCUT2D eigenvalue weighted by Gasteiger charge is -2.06. The van der Waals surface area contributed by atoms with Crippen LogP contribution in [0.3, 0.4) is 0 Å². The lowest BCUT2D eigenvalue weighted by molar-refractivity contribution is 0.305. The average Bonchev–Trinajstić information content (AvgIpc) is 2.44. The largest absolute Gasteiger partial charge is 0.489 e. The Labute approximate surface area is 117 Å². The summed E-state index contributed by atoms with van der Waals surface area (Å²) in [6.07, 6.45) is 0. The molecule has 2 rings (SSSR count). The normalized spacial score (nSPS) is 9.58. The van der Waals surface area contributed by atoms with Crippen LogP contribution >= 0.6 is 11.6 Å². The predicted molar refractivity (Wildman–Crippen MR) is 74.8 cm³/mol. The summed E-state index contributed by atoms with van der Waals surface area (Å²) in [6, 6.07) is 13.7. The van der Waals surface area contributed by atoms with Gasteiger partial charge in [0, 0.05) is 5.56 Å². The first kappa shape index (κ1) is 13.5.